The van der Waals surface area contributed by atoms with E-state index in [9.17, 15) is 14.4 Å². The summed E-state index contributed by atoms with van der Waals surface area (Å²) in [6.45, 7) is 3.79. The molecule has 0 heterocycles. The standard InChI is InChI=1S/C16H24N4O3/c1-5-10(2)13(19-16(17)23)14(21)18-12-8-6-11(7-9-12)15(22)20(3)4/h6-10,13H,5H2,1-4H3,(H,18,21)(H3,17,19,23)/t10-,13-/m0/s1. The molecule has 126 valence electrons. The van der Waals surface area contributed by atoms with Gasteiger partial charge in [0.25, 0.3) is 5.91 Å². The highest BCUT2D eigenvalue weighted by molar-refractivity contribution is 5.98. The summed E-state index contributed by atoms with van der Waals surface area (Å²) in [6, 6.07) is 5.12. The molecule has 0 aliphatic rings. The van der Waals surface area contributed by atoms with Crippen LogP contribution in [0.25, 0.3) is 0 Å². The van der Waals surface area contributed by atoms with Gasteiger partial charge in [0.15, 0.2) is 0 Å². The van der Waals surface area contributed by atoms with E-state index in [0.29, 0.717) is 17.7 Å². The lowest BCUT2D eigenvalue weighted by molar-refractivity contribution is -0.119. The number of nitrogens with one attached hydrogen (secondary N) is 2. The quantitative estimate of drug-likeness (QED) is 0.738. The Bertz CT molecular complexity index is 569. The van der Waals surface area contributed by atoms with Crippen LogP contribution in [0.15, 0.2) is 24.3 Å². The van der Waals surface area contributed by atoms with Crippen LogP contribution in [-0.4, -0.2) is 42.9 Å². The molecule has 0 saturated carbocycles. The van der Waals surface area contributed by atoms with Crippen LogP contribution >= 0.6 is 0 Å². The molecule has 2 atom stereocenters. The number of nitrogens with two attached hydrogens (primary N) is 1. The molecule has 1 aromatic carbocycles. The van der Waals surface area contributed by atoms with Gasteiger partial charge in [-0.3, -0.25) is 9.59 Å². The lowest BCUT2D eigenvalue weighted by Gasteiger charge is -2.22. The van der Waals surface area contributed by atoms with E-state index in [0.717, 1.165) is 0 Å². The van der Waals surface area contributed by atoms with Crippen molar-refractivity contribution in [1.29, 1.82) is 0 Å². The van der Waals surface area contributed by atoms with Gasteiger partial charge in [-0.05, 0) is 30.2 Å². The molecular formula is C16H24N4O3. The van der Waals surface area contributed by atoms with Gasteiger partial charge in [0.2, 0.25) is 5.91 Å². The Kier molecular flexibility index (Phi) is 6.56. The Morgan fingerprint density at radius 3 is 2.17 bits per heavy atom. The molecule has 0 radical (unpaired) electrons. The zero-order valence-corrected chi connectivity index (χ0v) is 13.9. The van der Waals surface area contributed by atoms with Crippen molar-refractivity contribution in [1.82, 2.24) is 10.2 Å². The average molecular weight is 320 g/mol. The van der Waals surface area contributed by atoms with Crippen LogP contribution in [0.5, 0.6) is 0 Å². The number of urea groups is 1. The molecule has 23 heavy (non-hydrogen) atoms. The summed E-state index contributed by atoms with van der Waals surface area (Å²) in [7, 11) is 3.34. The molecule has 7 nitrogen and oxygen atoms in total. The molecule has 4 N–H and O–H groups in total. The fraction of sp³-hybridized carbons (Fsp3) is 0.438. The molecule has 0 aliphatic heterocycles. The van der Waals surface area contributed by atoms with Crippen LogP contribution in [0.4, 0.5) is 10.5 Å². The van der Waals surface area contributed by atoms with E-state index in [1.165, 1.54) is 4.90 Å². The summed E-state index contributed by atoms with van der Waals surface area (Å²) in [6.07, 6.45) is 0.717. The number of hydrogen-bond acceptors (Lipinski definition) is 3. The van der Waals surface area contributed by atoms with Crippen LogP contribution in [0.3, 0.4) is 0 Å². The van der Waals surface area contributed by atoms with Crippen molar-refractivity contribution >= 4 is 23.5 Å². The van der Waals surface area contributed by atoms with Gasteiger partial charge in [0.05, 0.1) is 0 Å². The molecule has 0 unspecified atom stereocenters. The maximum atomic E-state index is 12.3. The largest absolute Gasteiger partial charge is 0.352 e. The van der Waals surface area contributed by atoms with Crippen molar-refractivity contribution in [2.45, 2.75) is 26.3 Å². The minimum atomic E-state index is -0.739. The minimum Gasteiger partial charge on any atom is -0.352 e. The van der Waals surface area contributed by atoms with Crippen LogP contribution in [0, 0.1) is 5.92 Å². The number of primary amides is 1. The molecule has 1 aromatic rings. The first kappa shape index (κ1) is 18.5. The molecule has 0 spiro atoms. The van der Waals surface area contributed by atoms with E-state index < -0.39 is 12.1 Å². The van der Waals surface area contributed by atoms with Gasteiger partial charge in [-0.15, -0.1) is 0 Å². The maximum Gasteiger partial charge on any atom is 0.312 e. The summed E-state index contributed by atoms with van der Waals surface area (Å²) in [5.41, 5.74) is 6.20. The smallest absolute Gasteiger partial charge is 0.312 e. The number of benzene rings is 1. The predicted octanol–water partition coefficient (Wildman–Crippen LogP) is 1.41. The first-order chi connectivity index (χ1) is 10.8. The lowest BCUT2D eigenvalue weighted by atomic mass is 9.98. The van der Waals surface area contributed by atoms with E-state index in [-0.39, 0.29) is 17.7 Å². The van der Waals surface area contributed by atoms with Crippen molar-refractivity contribution in [2.75, 3.05) is 19.4 Å². The lowest BCUT2D eigenvalue weighted by Crippen LogP contribution is -2.49. The van der Waals surface area contributed by atoms with Gasteiger partial charge < -0.3 is 21.3 Å². The second-order valence-corrected chi connectivity index (χ2v) is 5.64. The van der Waals surface area contributed by atoms with Crippen LogP contribution < -0.4 is 16.4 Å². The number of amides is 4. The Morgan fingerprint density at radius 2 is 1.74 bits per heavy atom. The van der Waals surface area contributed by atoms with Crippen molar-refractivity contribution in [3.63, 3.8) is 0 Å². The number of nitrogens with zero attached hydrogens (tertiary/aromatic N) is 1. The zero-order valence-electron chi connectivity index (χ0n) is 13.9. The van der Waals surface area contributed by atoms with E-state index in [4.69, 9.17) is 5.73 Å². The third-order valence-electron chi connectivity index (χ3n) is 3.60. The minimum absolute atomic E-state index is 0.0582. The van der Waals surface area contributed by atoms with Crippen molar-refractivity contribution < 1.29 is 14.4 Å². The van der Waals surface area contributed by atoms with Gasteiger partial charge in [0, 0.05) is 25.3 Å². The summed E-state index contributed by atoms with van der Waals surface area (Å²) >= 11 is 0. The summed E-state index contributed by atoms with van der Waals surface area (Å²) in [4.78, 5) is 36.7. The molecule has 0 saturated heterocycles. The summed E-state index contributed by atoms with van der Waals surface area (Å²) in [5, 5.41) is 5.19. The molecule has 0 bridgehead atoms. The van der Waals surface area contributed by atoms with E-state index in [1.54, 1.807) is 38.4 Å². The second-order valence-electron chi connectivity index (χ2n) is 5.64. The summed E-state index contributed by atoms with van der Waals surface area (Å²) in [5.74, 6) is -0.516. The molecule has 0 aliphatic carbocycles. The second kappa shape index (κ2) is 8.17. The van der Waals surface area contributed by atoms with Gasteiger partial charge >= 0.3 is 6.03 Å². The SMILES string of the molecule is CC[C@H](C)[C@H](NC(N)=O)C(=O)Nc1ccc(C(=O)N(C)C)cc1. The predicted molar refractivity (Wildman–Crippen MR) is 89.1 cm³/mol. The van der Waals surface area contributed by atoms with Gasteiger partial charge in [0.1, 0.15) is 6.04 Å². The van der Waals surface area contributed by atoms with Gasteiger partial charge in [-0.1, -0.05) is 20.3 Å². The molecule has 0 fully saturated rings. The highest BCUT2D eigenvalue weighted by atomic mass is 16.2. The van der Waals surface area contributed by atoms with Crippen molar-refractivity contribution in [2.24, 2.45) is 11.7 Å². The number of rotatable bonds is 6. The van der Waals surface area contributed by atoms with Crippen LogP contribution in [-0.2, 0) is 4.79 Å². The molecule has 4 amide bonds. The van der Waals surface area contributed by atoms with Crippen molar-refractivity contribution in [3.8, 4) is 0 Å². The Labute approximate surface area is 136 Å². The molecule has 7 heteroatoms. The highest BCUT2D eigenvalue weighted by Gasteiger charge is 2.25. The Balaban J connectivity index is 2.82. The average Bonchev–Trinajstić information content (AvgIpc) is 2.51. The Hall–Kier alpha value is -2.57. The van der Waals surface area contributed by atoms with Gasteiger partial charge in [-0.2, -0.15) is 0 Å². The molecule has 1 rings (SSSR count). The number of carbonyl (C=O) groups is 3. The highest BCUT2D eigenvalue weighted by Crippen LogP contribution is 2.14. The number of carbonyl (C=O) groups excluding carboxylic acids is 3. The van der Waals surface area contributed by atoms with E-state index in [2.05, 4.69) is 10.6 Å². The zero-order chi connectivity index (χ0) is 17.6. The van der Waals surface area contributed by atoms with Gasteiger partial charge in [-0.25, -0.2) is 4.79 Å². The first-order valence-corrected chi connectivity index (χ1v) is 7.44. The third kappa shape index (κ3) is 5.28. The van der Waals surface area contributed by atoms with Crippen LogP contribution in [0.1, 0.15) is 30.6 Å². The Morgan fingerprint density at radius 1 is 1.17 bits per heavy atom. The monoisotopic (exact) mass is 320 g/mol. The van der Waals surface area contributed by atoms with Crippen molar-refractivity contribution in [3.05, 3.63) is 29.8 Å². The molecular weight excluding hydrogens is 296 g/mol. The third-order valence-corrected chi connectivity index (χ3v) is 3.60. The fourth-order valence-electron chi connectivity index (χ4n) is 2.03. The maximum absolute atomic E-state index is 12.3. The fourth-order valence-corrected chi connectivity index (χ4v) is 2.03. The summed E-state index contributed by atoms with van der Waals surface area (Å²) < 4.78 is 0. The number of anilines is 1. The first-order valence-electron chi connectivity index (χ1n) is 7.44. The van der Waals surface area contributed by atoms with E-state index >= 15 is 0 Å². The van der Waals surface area contributed by atoms with Crippen LogP contribution in [0.2, 0.25) is 0 Å². The molecule has 0 aromatic heterocycles. The number of hydrogen-bond donors (Lipinski definition) is 3. The topological polar surface area (TPSA) is 105 Å². The van der Waals surface area contributed by atoms with E-state index in [1.807, 2.05) is 13.8 Å². The normalized spacial score (nSPS) is 12.9.